The number of aliphatic hydroxyl groups excluding tert-OH is 1. The standard InChI is InChI=1S/C6H14O2.5C2H5O.Ta/c1-2-3-5-8-6-4-7;5*1-2-3;/h7H,2-6H2,1H3;5*2H2,1H3;/q;5*-1;+5. The van der Waals surface area contributed by atoms with E-state index in [0.717, 1.165) is 19.4 Å². The van der Waals surface area contributed by atoms with Crippen LogP contribution in [0.3, 0.4) is 0 Å². The van der Waals surface area contributed by atoms with E-state index in [-0.39, 0.29) is 62.0 Å². The maximum atomic E-state index is 8.93. The maximum Gasteiger partial charge on any atom is 5.00 e. The van der Waals surface area contributed by atoms with Crippen molar-refractivity contribution >= 4 is 0 Å². The van der Waals surface area contributed by atoms with Gasteiger partial charge in [0.1, 0.15) is 0 Å². The molecule has 0 radical (unpaired) electrons. The Balaban J connectivity index is -0.0000000311. The van der Waals surface area contributed by atoms with Crippen LogP contribution in [-0.2, 0) is 27.1 Å². The van der Waals surface area contributed by atoms with Crippen molar-refractivity contribution < 1.29 is 57.8 Å². The molecule has 0 bridgehead atoms. The molecule has 0 atom stereocenters. The van der Waals surface area contributed by atoms with Gasteiger partial charge in [-0.05, 0) is 6.42 Å². The number of hydrogen-bond donors (Lipinski definition) is 1. The van der Waals surface area contributed by atoms with Gasteiger partial charge in [0.2, 0.25) is 0 Å². The van der Waals surface area contributed by atoms with E-state index in [1.54, 1.807) is 34.6 Å². The Morgan fingerprint density at radius 3 is 1.04 bits per heavy atom. The van der Waals surface area contributed by atoms with Gasteiger partial charge in [-0.15, -0.1) is 33.0 Å². The van der Waals surface area contributed by atoms with E-state index in [1.807, 2.05) is 0 Å². The van der Waals surface area contributed by atoms with E-state index in [1.165, 1.54) is 0 Å². The molecule has 24 heavy (non-hydrogen) atoms. The molecule has 0 saturated carbocycles. The van der Waals surface area contributed by atoms with Crippen LogP contribution in [0.15, 0.2) is 0 Å². The first-order valence-corrected chi connectivity index (χ1v) is 8.08. The van der Waals surface area contributed by atoms with Crippen LogP contribution in [0, 0.1) is 0 Å². The van der Waals surface area contributed by atoms with Gasteiger partial charge >= 0.3 is 22.4 Å². The fourth-order valence-corrected chi connectivity index (χ4v) is 0.413. The van der Waals surface area contributed by atoms with E-state index in [4.69, 9.17) is 35.4 Å². The third kappa shape index (κ3) is 347. The van der Waals surface area contributed by atoms with E-state index in [2.05, 4.69) is 6.92 Å². The SMILES string of the molecule is CCCCOCCO.CC[O-].CC[O-].CC[O-].CC[O-].CC[O-].[Ta+5]. The van der Waals surface area contributed by atoms with Crippen LogP contribution in [0.1, 0.15) is 54.4 Å². The average Bonchev–Trinajstić information content (AvgIpc) is 2.48. The monoisotopic (exact) mass is 524 g/mol. The second-order valence-corrected chi connectivity index (χ2v) is 3.13. The summed E-state index contributed by atoms with van der Waals surface area (Å²) in [6, 6.07) is 0. The molecule has 0 aliphatic rings. The minimum Gasteiger partial charge on any atom is -0.855 e. The molecule has 0 rings (SSSR count). The van der Waals surface area contributed by atoms with Crippen LogP contribution in [0.4, 0.5) is 0 Å². The number of unbranched alkanes of at least 4 members (excludes halogenated alkanes) is 1. The molecule has 1 N–H and O–H groups in total. The molecule has 0 aromatic heterocycles. The largest absolute Gasteiger partial charge is 5.00 e. The summed E-state index contributed by atoms with van der Waals surface area (Å²) in [4.78, 5) is 0. The number of hydrogen-bond acceptors (Lipinski definition) is 7. The van der Waals surface area contributed by atoms with Crippen LogP contribution < -0.4 is 25.5 Å². The zero-order chi connectivity index (χ0) is 19.8. The van der Waals surface area contributed by atoms with E-state index >= 15 is 0 Å². The molecule has 8 heteroatoms. The van der Waals surface area contributed by atoms with Crippen molar-refractivity contribution in [3.05, 3.63) is 0 Å². The fourth-order valence-electron chi connectivity index (χ4n) is 0.413. The first kappa shape index (κ1) is 44.2. The molecule has 0 saturated heterocycles. The van der Waals surface area contributed by atoms with Gasteiger partial charge in [0, 0.05) is 6.61 Å². The quantitative estimate of drug-likeness (QED) is 0.396. The summed E-state index contributed by atoms with van der Waals surface area (Å²) in [7, 11) is 0. The van der Waals surface area contributed by atoms with Crippen LogP contribution in [0.5, 0.6) is 0 Å². The smallest absolute Gasteiger partial charge is 0.855 e. The molecule has 150 valence electrons. The average molecular weight is 524 g/mol. The summed E-state index contributed by atoms with van der Waals surface area (Å²) < 4.78 is 4.97. The Kier molecular flexibility index (Phi) is 166. The topological polar surface area (TPSA) is 145 Å². The second-order valence-electron chi connectivity index (χ2n) is 3.13. The zero-order valence-corrected chi connectivity index (χ0v) is 19.6. The molecule has 0 aliphatic carbocycles. The second kappa shape index (κ2) is 90.1. The van der Waals surface area contributed by atoms with Gasteiger partial charge in [-0.2, -0.15) is 0 Å². The fraction of sp³-hybridized carbons (Fsp3) is 1.00. The summed E-state index contributed by atoms with van der Waals surface area (Å²) in [5.41, 5.74) is 0. The van der Waals surface area contributed by atoms with Crippen molar-refractivity contribution in [2.45, 2.75) is 54.4 Å². The predicted octanol–water partition coefficient (Wildman–Crippen LogP) is -2.37. The van der Waals surface area contributed by atoms with Gasteiger partial charge in [-0.3, -0.25) is 0 Å². The van der Waals surface area contributed by atoms with Crippen molar-refractivity contribution in [1.29, 1.82) is 0 Å². The van der Waals surface area contributed by atoms with E-state index < -0.39 is 0 Å². The van der Waals surface area contributed by atoms with Crippen molar-refractivity contribution in [3.63, 3.8) is 0 Å². The molecular formula is C16H39O7Ta. The van der Waals surface area contributed by atoms with Crippen LogP contribution >= 0.6 is 0 Å². The summed E-state index contributed by atoms with van der Waals surface area (Å²) in [5, 5.41) is 52.9. The number of aliphatic hydroxyl groups is 1. The van der Waals surface area contributed by atoms with Gasteiger partial charge in [0.25, 0.3) is 0 Å². The normalized spacial score (nSPS) is 7.00. The zero-order valence-electron chi connectivity index (χ0n) is 16.4. The summed E-state index contributed by atoms with van der Waals surface area (Å²) in [6.07, 6.45) is 2.26. The van der Waals surface area contributed by atoms with E-state index in [0.29, 0.717) is 6.61 Å². The summed E-state index contributed by atoms with van der Waals surface area (Å²) in [5.74, 6) is 0. The Morgan fingerprint density at radius 2 is 0.875 bits per heavy atom. The minimum atomic E-state index is 0. The number of ether oxygens (including phenoxy) is 1. The van der Waals surface area contributed by atoms with Crippen molar-refractivity contribution in [3.8, 4) is 0 Å². The molecule has 0 aromatic rings. The third-order valence-electron chi connectivity index (χ3n) is 0.878. The first-order chi connectivity index (χ1) is 11.0. The van der Waals surface area contributed by atoms with Gasteiger partial charge in [0.05, 0.1) is 13.2 Å². The molecule has 0 fully saturated rings. The molecule has 7 nitrogen and oxygen atoms in total. The van der Waals surface area contributed by atoms with Crippen molar-refractivity contribution in [1.82, 2.24) is 0 Å². The number of rotatable bonds is 5. The van der Waals surface area contributed by atoms with Crippen LogP contribution in [0.25, 0.3) is 0 Å². The molecule has 0 heterocycles. The molecule has 0 aliphatic heterocycles. The van der Waals surface area contributed by atoms with Gasteiger partial charge in [-0.25, -0.2) is 0 Å². The Labute approximate surface area is 165 Å². The molecule has 0 unspecified atom stereocenters. The Morgan fingerprint density at radius 1 is 0.625 bits per heavy atom. The van der Waals surface area contributed by atoms with Crippen molar-refractivity contribution in [2.75, 3.05) is 52.9 Å². The molecule has 0 amide bonds. The molecular weight excluding hydrogens is 485 g/mol. The minimum absolute atomic E-state index is 0. The first-order valence-electron chi connectivity index (χ1n) is 8.08. The predicted molar refractivity (Wildman–Crippen MR) is 85.5 cm³/mol. The van der Waals surface area contributed by atoms with E-state index in [9.17, 15) is 0 Å². The van der Waals surface area contributed by atoms with Gasteiger partial charge in [0.15, 0.2) is 0 Å². The summed E-state index contributed by atoms with van der Waals surface area (Å²) in [6.45, 7) is 11.4. The third-order valence-corrected chi connectivity index (χ3v) is 0.878. The van der Waals surface area contributed by atoms with Gasteiger partial charge < -0.3 is 35.4 Å². The Bertz CT molecular complexity index is 84.9. The maximum absolute atomic E-state index is 8.93. The summed E-state index contributed by atoms with van der Waals surface area (Å²) >= 11 is 0. The Hall–Kier alpha value is 0.460. The van der Waals surface area contributed by atoms with Crippen molar-refractivity contribution in [2.24, 2.45) is 0 Å². The molecule has 0 spiro atoms. The van der Waals surface area contributed by atoms with Crippen LogP contribution in [-0.4, -0.2) is 58.0 Å². The van der Waals surface area contributed by atoms with Crippen LogP contribution in [0.2, 0.25) is 0 Å². The van der Waals surface area contributed by atoms with Gasteiger partial charge in [-0.1, -0.05) is 48.0 Å². The molecule has 0 aromatic carbocycles.